The highest BCUT2D eigenvalue weighted by molar-refractivity contribution is 6.37. The number of nitrogens with one attached hydrogen (secondary N) is 1. The summed E-state index contributed by atoms with van der Waals surface area (Å²) >= 11 is 11.9. The number of aromatic nitrogens is 3. The maximum Gasteiger partial charge on any atom is 0.322 e. The molecule has 2 aromatic rings. The molecule has 1 atom stereocenters. The molecule has 108 valence electrons. The van der Waals surface area contributed by atoms with E-state index >= 15 is 0 Å². The zero-order chi connectivity index (χ0) is 14.3. The first-order valence-corrected chi connectivity index (χ1v) is 7.02. The van der Waals surface area contributed by atoms with Crippen molar-refractivity contribution in [3.63, 3.8) is 0 Å². The fraction of sp³-hybridized carbons (Fsp3) is 0.500. The van der Waals surface area contributed by atoms with Crippen LogP contribution in [-0.2, 0) is 4.74 Å². The summed E-state index contributed by atoms with van der Waals surface area (Å²) in [6.45, 7) is 0.543. The molecule has 1 unspecified atom stereocenters. The minimum Gasteiger partial charge on any atom is -0.345 e. The molecular formula is C12H12Cl2F2N3O+. The summed E-state index contributed by atoms with van der Waals surface area (Å²) in [5.41, 5.74) is 0.644. The maximum atomic E-state index is 13.2. The van der Waals surface area contributed by atoms with Crippen molar-refractivity contribution in [3.8, 4) is 0 Å². The number of rotatable bonds is 2. The van der Waals surface area contributed by atoms with Gasteiger partial charge in [-0.2, -0.15) is 13.3 Å². The molecule has 4 nitrogen and oxygen atoms in total. The van der Waals surface area contributed by atoms with E-state index < -0.39 is 12.7 Å². The molecule has 0 bridgehead atoms. The average Bonchev–Trinajstić information content (AvgIpc) is 2.79. The first-order chi connectivity index (χ1) is 9.58. The van der Waals surface area contributed by atoms with Crippen LogP contribution in [0.2, 0.25) is 10.2 Å². The first-order valence-electron chi connectivity index (χ1n) is 6.27. The van der Waals surface area contributed by atoms with Crippen LogP contribution in [0, 0.1) is 0 Å². The lowest BCUT2D eigenvalue weighted by Gasteiger charge is -2.21. The Morgan fingerprint density at radius 3 is 2.85 bits per heavy atom. The van der Waals surface area contributed by atoms with Gasteiger partial charge in [-0.1, -0.05) is 16.6 Å². The molecule has 3 heterocycles. The Hall–Kier alpha value is -0.980. The Bertz CT molecular complexity index is 641. The number of imidazole rings is 1. The quantitative estimate of drug-likeness (QED) is 0.675. The van der Waals surface area contributed by atoms with E-state index in [9.17, 15) is 8.78 Å². The van der Waals surface area contributed by atoms with Crippen molar-refractivity contribution >= 4 is 34.4 Å². The van der Waals surface area contributed by atoms with Gasteiger partial charge < -0.3 is 4.74 Å². The summed E-state index contributed by atoms with van der Waals surface area (Å²) in [7, 11) is 0. The molecule has 0 aliphatic carbocycles. The largest absolute Gasteiger partial charge is 0.345 e. The van der Waals surface area contributed by atoms with Crippen molar-refractivity contribution < 1.29 is 18.1 Å². The van der Waals surface area contributed by atoms with Gasteiger partial charge in [-0.3, -0.25) is 4.98 Å². The average molecular weight is 323 g/mol. The van der Waals surface area contributed by atoms with Crippen LogP contribution >= 0.6 is 23.2 Å². The Morgan fingerprint density at radius 2 is 2.20 bits per heavy atom. The molecule has 2 aromatic heterocycles. The van der Waals surface area contributed by atoms with Gasteiger partial charge in [-0.25, -0.2) is 0 Å². The van der Waals surface area contributed by atoms with E-state index in [-0.39, 0.29) is 16.0 Å². The minimum absolute atomic E-state index is 0.159. The molecule has 1 saturated heterocycles. The van der Waals surface area contributed by atoms with Gasteiger partial charge in [0.25, 0.3) is 5.82 Å². The molecule has 20 heavy (non-hydrogen) atoms. The standard InChI is InChI=1S/C12H11Cl2F2N3O/c13-6-5-7(14)17-11-9(6)18-12(10(15)16)19(11)8-3-1-2-4-20-8/h5,8,10H,1-4H2/p+1. The van der Waals surface area contributed by atoms with Gasteiger partial charge >= 0.3 is 12.1 Å². The topological polar surface area (TPSA) is 41.8 Å². The lowest BCUT2D eigenvalue weighted by atomic mass is 10.2. The SMILES string of the molecule is FC(F)c1[nH]c2c(Cl)cc(Cl)nc2[n+]1C1CCCCO1. The third-order valence-electron chi connectivity index (χ3n) is 3.31. The van der Waals surface area contributed by atoms with Gasteiger partial charge in [-0.05, 0) is 24.4 Å². The summed E-state index contributed by atoms with van der Waals surface area (Å²) in [6, 6.07) is 1.42. The summed E-state index contributed by atoms with van der Waals surface area (Å²) in [5, 5.41) is 0.420. The second kappa shape index (κ2) is 5.42. The van der Waals surface area contributed by atoms with Gasteiger partial charge in [0, 0.05) is 12.5 Å². The number of hydrogen-bond donors (Lipinski definition) is 1. The molecule has 8 heteroatoms. The van der Waals surface area contributed by atoms with Crippen molar-refractivity contribution in [3.05, 3.63) is 22.1 Å². The van der Waals surface area contributed by atoms with Crippen molar-refractivity contribution in [1.29, 1.82) is 0 Å². The predicted octanol–water partition coefficient (Wildman–Crippen LogP) is 3.79. The van der Waals surface area contributed by atoms with E-state index in [0.717, 1.165) is 12.8 Å². The third-order valence-corrected chi connectivity index (χ3v) is 3.80. The number of ether oxygens (including phenoxy) is 1. The van der Waals surface area contributed by atoms with E-state index in [1.54, 1.807) is 0 Å². The van der Waals surface area contributed by atoms with Gasteiger partial charge in [0.15, 0.2) is 11.7 Å². The minimum atomic E-state index is -2.68. The number of H-pyrrole nitrogens is 1. The highest BCUT2D eigenvalue weighted by Crippen LogP contribution is 2.28. The second-order valence-electron chi connectivity index (χ2n) is 4.63. The lowest BCUT2D eigenvalue weighted by molar-refractivity contribution is -0.754. The number of nitrogens with zero attached hydrogens (tertiary/aromatic N) is 2. The Labute approximate surface area is 123 Å². The van der Waals surface area contributed by atoms with E-state index in [0.29, 0.717) is 24.2 Å². The fourth-order valence-electron chi connectivity index (χ4n) is 2.44. The van der Waals surface area contributed by atoms with Crippen LogP contribution in [0.4, 0.5) is 8.78 Å². The van der Waals surface area contributed by atoms with Crippen LogP contribution in [0.25, 0.3) is 11.2 Å². The zero-order valence-electron chi connectivity index (χ0n) is 10.4. The van der Waals surface area contributed by atoms with Crippen LogP contribution in [-0.4, -0.2) is 16.6 Å². The summed E-state index contributed by atoms with van der Waals surface area (Å²) in [4.78, 5) is 6.75. The van der Waals surface area contributed by atoms with E-state index in [1.165, 1.54) is 10.6 Å². The molecule has 1 aliphatic heterocycles. The second-order valence-corrected chi connectivity index (χ2v) is 5.42. The molecule has 1 N–H and O–H groups in total. The molecule has 1 fully saturated rings. The van der Waals surface area contributed by atoms with E-state index in [4.69, 9.17) is 27.9 Å². The highest BCUT2D eigenvalue weighted by atomic mass is 35.5. The number of aromatic amines is 1. The van der Waals surface area contributed by atoms with Crippen molar-refractivity contribution in [1.82, 2.24) is 9.97 Å². The van der Waals surface area contributed by atoms with Crippen molar-refractivity contribution in [2.45, 2.75) is 31.9 Å². The number of alkyl halides is 2. The highest BCUT2D eigenvalue weighted by Gasteiger charge is 2.33. The van der Waals surface area contributed by atoms with Crippen LogP contribution < -0.4 is 4.57 Å². The Balaban J connectivity index is 2.22. The van der Waals surface area contributed by atoms with Gasteiger partial charge in [-0.15, -0.1) is 0 Å². The van der Waals surface area contributed by atoms with Gasteiger partial charge in [0.05, 0.1) is 11.6 Å². The van der Waals surface area contributed by atoms with Crippen molar-refractivity contribution in [2.24, 2.45) is 0 Å². The van der Waals surface area contributed by atoms with Gasteiger partial charge in [0.2, 0.25) is 5.15 Å². The smallest absolute Gasteiger partial charge is 0.322 e. The molecule has 1 aliphatic rings. The first kappa shape index (κ1) is 14.0. The Morgan fingerprint density at radius 1 is 1.40 bits per heavy atom. The normalized spacial score (nSPS) is 19.9. The Kier molecular flexibility index (Phi) is 3.79. The zero-order valence-corrected chi connectivity index (χ0v) is 11.9. The summed E-state index contributed by atoms with van der Waals surface area (Å²) in [5.74, 6) is -0.261. The summed E-state index contributed by atoms with van der Waals surface area (Å²) < 4.78 is 33.4. The molecule has 0 amide bonds. The molecule has 0 spiro atoms. The molecular weight excluding hydrogens is 311 g/mol. The fourth-order valence-corrected chi connectivity index (χ4v) is 2.92. The van der Waals surface area contributed by atoms with Gasteiger partial charge in [0.1, 0.15) is 0 Å². The molecule has 0 saturated carbocycles. The number of halogens is 4. The van der Waals surface area contributed by atoms with Crippen LogP contribution in [0.3, 0.4) is 0 Å². The van der Waals surface area contributed by atoms with Crippen LogP contribution in [0.5, 0.6) is 0 Å². The third kappa shape index (κ3) is 2.36. The molecule has 0 aromatic carbocycles. The lowest BCUT2D eigenvalue weighted by Crippen LogP contribution is -2.45. The van der Waals surface area contributed by atoms with Crippen LogP contribution in [0.15, 0.2) is 6.07 Å². The number of hydrogen-bond acceptors (Lipinski definition) is 2. The van der Waals surface area contributed by atoms with Crippen molar-refractivity contribution in [2.75, 3.05) is 6.61 Å². The van der Waals surface area contributed by atoms with E-state index in [1.807, 2.05) is 0 Å². The molecule has 3 rings (SSSR count). The maximum absolute atomic E-state index is 13.2. The molecule has 0 radical (unpaired) electrons. The monoisotopic (exact) mass is 322 g/mol. The van der Waals surface area contributed by atoms with E-state index in [2.05, 4.69) is 9.97 Å². The number of fused-ring (bicyclic) bond motifs is 1. The summed E-state index contributed by atoms with van der Waals surface area (Å²) in [6.07, 6.45) is -0.642. The van der Waals surface area contributed by atoms with Crippen LogP contribution in [0.1, 0.15) is 37.7 Å². The predicted molar refractivity (Wildman–Crippen MR) is 70.1 cm³/mol. The number of pyridine rings is 1.